The number of alkyl halides is 2. The first-order valence-electron chi connectivity index (χ1n) is 10.6. The van der Waals surface area contributed by atoms with Crippen LogP contribution in [0.5, 0.6) is 5.75 Å². The number of para-hydroxylation sites is 1. The number of hydrogen-bond acceptors (Lipinski definition) is 5. The predicted molar refractivity (Wildman–Crippen MR) is 113 cm³/mol. The molecular weight excluding hydrogens is 418 g/mol. The first kappa shape index (κ1) is 22.0. The lowest BCUT2D eigenvalue weighted by Gasteiger charge is -2.34. The Hall–Kier alpha value is -3.23. The molecule has 0 spiro atoms. The van der Waals surface area contributed by atoms with Gasteiger partial charge in [-0.05, 0) is 38.3 Å². The van der Waals surface area contributed by atoms with Crippen LogP contribution in [-0.2, 0) is 17.8 Å². The van der Waals surface area contributed by atoms with Crippen molar-refractivity contribution in [3.8, 4) is 5.75 Å². The third-order valence-corrected chi connectivity index (χ3v) is 5.68. The molecule has 0 saturated carbocycles. The molecule has 1 aliphatic rings. The van der Waals surface area contributed by atoms with Gasteiger partial charge < -0.3 is 14.1 Å². The molecule has 4 rings (SSSR count). The molecule has 170 valence electrons. The summed E-state index contributed by atoms with van der Waals surface area (Å²) in [4.78, 5) is 19.2. The summed E-state index contributed by atoms with van der Waals surface area (Å²) in [6.07, 6.45) is 1.98. The van der Waals surface area contributed by atoms with Gasteiger partial charge in [-0.3, -0.25) is 9.48 Å². The minimum Gasteiger partial charge on any atom is -0.496 e. The number of rotatable bonds is 7. The van der Waals surface area contributed by atoms with Crippen molar-refractivity contribution < 1.29 is 22.7 Å². The normalized spacial score (nSPS) is 16.5. The third kappa shape index (κ3) is 4.66. The smallest absolute Gasteiger partial charge is 0.280 e. The summed E-state index contributed by atoms with van der Waals surface area (Å²) in [7, 11) is 1.62. The molecule has 3 aromatic rings. The van der Waals surface area contributed by atoms with Crippen LogP contribution in [0.3, 0.4) is 0 Å². The van der Waals surface area contributed by atoms with Crippen molar-refractivity contribution in [2.24, 2.45) is 0 Å². The standard InChI is InChI=1S/C23H26F2N4O3/c1-15-11-19(22(24)25)29(27-15)14-21(30)28-10-6-5-8-18(28)23-26-13-17(32-23)12-16-7-3-4-9-20(16)31-2/h3-4,7,9,11,13,18,22H,5-6,8,10,12,14H2,1-2H3/t18-/m1/s1. The average Bonchev–Trinajstić information content (AvgIpc) is 3.40. The van der Waals surface area contributed by atoms with Gasteiger partial charge in [-0.15, -0.1) is 0 Å². The molecule has 0 aliphatic carbocycles. The zero-order chi connectivity index (χ0) is 22.7. The SMILES string of the molecule is COc1ccccc1Cc1cnc([C@H]2CCCCN2C(=O)Cn2nc(C)cc2C(F)F)o1. The number of nitrogens with zero attached hydrogens (tertiary/aromatic N) is 4. The largest absolute Gasteiger partial charge is 0.496 e. The highest BCUT2D eigenvalue weighted by molar-refractivity contribution is 5.76. The Morgan fingerprint density at radius 1 is 1.31 bits per heavy atom. The maximum atomic E-state index is 13.3. The Morgan fingerprint density at radius 3 is 2.91 bits per heavy atom. The lowest BCUT2D eigenvalue weighted by atomic mass is 10.0. The fraction of sp³-hybridized carbons (Fsp3) is 0.435. The minimum atomic E-state index is -2.69. The van der Waals surface area contributed by atoms with Crippen molar-refractivity contribution in [3.63, 3.8) is 0 Å². The first-order chi connectivity index (χ1) is 15.5. The number of aromatic nitrogens is 3. The molecule has 1 amide bonds. The third-order valence-electron chi connectivity index (χ3n) is 5.68. The Balaban J connectivity index is 1.51. The van der Waals surface area contributed by atoms with Crippen LogP contribution in [0.1, 0.15) is 60.3 Å². The summed E-state index contributed by atoms with van der Waals surface area (Å²) in [6, 6.07) is 8.67. The highest BCUT2D eigenvalue weighted by Gasteiger charge is 2.32. The molecule has 9 heteroatoms. The molecule has 2 aromatic heterocycles. The molecule has 32 heavy (non-hydrogen) atoms. The molecular formula is C23H26F2N4O3. The maximum Gasteiger partial charge on any atom is 0.280 e. The molecule has 1 aliphatic heterocycles. The Morgan fingerprint density at radius 2 is 2.12 bits per heavy atom. The van der Waals surface area contributed by atoms with Crippen LogP contribution >= 0.6 is 0 Å². The van der Waals surface area contributed by atoms with E-state index in [4.69, 9.17) is 9.15 Å². The van der Waals surface area contributed by atoms with Crippen molar-refractivity contribution in [2.45, 2.75) is 51.6 Å². The second-order valence-corrected chi connectivity index (χ2v) is 7.92. The van der Waals surface area contributed by atoms with Gasteiger partial charge in [0.1, 0.15) is 29.8 Å². The second kappa shape index (κ2) is 9.50. The molecule has 3 heterocycles. The van der Waals surface area contributed by atoms with Crippen LogP contribution in [0.4, 0.5) is 8.78 Å². The summed E-state index contributed by atoms with van der Waals surface area (Å²) < 4.78 is 39.1. The van der Waals surface area contributed by atoms with Gasteiger partial charge in [0, 0.05) is 18.5 Å². The van der Waals surface area contributed by atoms with Crippen LogP contribution in [0, 0.1) is 6.92 Å². The van der Waals surface area contributed by atoms with Gasteiger partial charge in [-0.25, -0.2) is 13.8 Å². The number of hydrogen-bond donors (Lipinski definition) is 0. The Bertz CT molecular complexity index is 1080. The van der Waals surface area contributed by atoms with Gasteiger partial charge in [0.15, 0.2) is 0 Å². The second-order valence-electron chi connectivity index (χ2n) is 7.92. The number of carbonyl (C=O) groups is 1. The van der Waals surface area contributed by atoms with Crippen molar-refractivity contribution in [1.82, 2.24) is 19.7 Å². The number of carbonyl (C=O) groups excluding carboxylic acids is 1. The average molecular weight is 444 g/mol. The lowest BCUT2D eigenvalue weighted by Crippen LogP contribution is -2.40. The van der Waals surface area contributed by atoms with E-state index in [0.29, 0.717) is 36.7 Å². The summed E-state index contributed by atoms with van der Waals surface area (Å²) in [5.41, 5.74) is 1.18. The summed E-state index contributed by atoms with van der Waals surface area (Å²) >= 11 is 0. The Kier molecular flexibility index (Phi) is 6.53. The molecule has 0 N–H and O–H groups in total. The van der Waals surface area contributed by atoms with Crippen molar-refractivity contribution >= 4 is 5.91 Å². The topological polar surface area (TPSA) is 73.4 Å². The zero-order valence-electron chi connectivity index (χ0n) is 18.1. The number of likely N-dealkylation sites (tertiary alicyclic amines) is 1. The molecule has 1 aromatic carbocycles. The molecule has 0 bridgehead atoms. The van der Waals surface area contributed by atoms with E-state index >= 15 is 0 Å². The van der Waals surface area contributed by atoms with Gasteiger partial charge in [-0.2, -0.15) is 5.10 Å². The number of oxazole rings is 1. The highest BCUT2D eigenvalue weighted by Crippen LogP contribution is 2.32. The van der Waals surface area contributed by atoms with E-state index in [1.165, 1.54) is 6.07 Å². The fourth-order valence-corrected chi connectivity index (χ4v) is 4.17. The Labute approximate surface area is 185 Å². The van der Waals surface area contributed by atoms with E-state index < -0.39 is 6.43 Å². The van der Waals surface area contributed by atoms with E-state index in [9.17, 15) is 13.6 Å². The van der Waals surface area contributed by atoms with E-state index in [1.54, 1.807) is 25.1 Å². The summed E-state index contributed by atoms with van der Waals surface area (Å²) in [5.74, 6) is 1.63. The number of halogens is 2. The molecule has 1 atom stereocenters. The van der Waals surface area contributed by atoms with Gasteiger partial charge in [0.2, 0.25) is 11.8 Å². The first-order valence-corrected chi connectivity index (χ1v) is 10.6. The number of aryl methyl sites for hydroxylation is 1. The summed E-state index contributed by atoms with van der Waals surface area (Å²) in [6.45, 7) is 1.92. The predicted octanol–water partition coefficient (Wildman–Crippen LogP) is 4.47. The quantitative estimate of drug-likeness (QED) is 0.538. The van der Waals surface area contributed by atoms with Gasteiger partial charge in [0.25, 0.3) is 6.43 Å². The van der Waals surface area contributed by atoms with Crippen LogP contribution < -0.4 is 4.74 Å². The molecule has 0 unspecified atom stereocenters. The van der Waals surface area contributed by atoms with Crippen molar-refractivity contribution in [2.75, 3.05) is 13.7 Å². The number of benzene rings is 1. The lowest BCUT2D eigenvalue weighted by molar-refractivity contribution is -0.136. The van der Waals surface area contributed by atoms with E-state index in [2.05, 4.69) is 10.1 Å². The van der Waals surface area contributed by atoms with Crippen molar-refractivity contribution in [1.29, 1.82) is 0 Å². The van der Waals surface area contributed by atoms with Crippen LogP contribution in [0.2, 0.25) is 0 Å². The fourth-order valence-electron chi connectivity index (χ4n) is 4.17. The number of ether oxygens (including phenoxy) is 1. The van der Waals surface area contributed by atoms with E-state index in [1.807, 2.05) is 24.3 Å². The zero-order valence-corrected chi connectivity index (χ0v) is 18.1. The van der Waals surface area contributed by atoms with Crippen LogP contribution in [-0.4, -0.2) is 39.2 Å². The molecule has 1 saturated heterocycles. The molecule has 7 nitrogen and oxygen atoms in total. The van der Waals surface area contributed by atoms with Crippen LogP contribution in [0.25, 0.3) is 0 Å². The maximum absolute atomic E-state index is 13.3. The van der Waals surface area contributed by atoms with E-state index in [0.717, 1.165) is 28.8 Å². The number of methoxy groups -OCH3 is 1. The summed E-state index contributed by atoms with van der Waals surface area (Å²) in [5, 5.41) is 4.07. The van der Waals surface area contributed by atoms with Crippen molar-refractivity contribution in [3.05, 3.63) is 65.1 Å². The highest BCUT2D eigenvalue weighted by atomic mass is 19.3. The number of amides is 1. The van der Waals surface area contributed by atoms with Gasteiger partial charge >= 0.3 is 0 Å². The van der Waals surface area contributed by atoms with Gasteiger partial charge in [-0.1, -0.05) is 18.2 Å². The van der Waals surface area contributed by atoms with Crippen LogP contribution in [0.15, 0.2) is 40.9 Å². The minimum absolute atomic E-state index is 0.237. The number of piperidine rings is 1. The monoisotopic (exact) mass is 444 g/mol. The molecule has 1 fully saturated rings. The van der Waals surface area contributed by atoms with E-state index in [-0.39, 0.29) is 24.2 Å². The van der Waals surface area contributed by atoms with Gasteiger partial charge in [0.05, 0.1) is 19.0 Å². The molecule has 0 radical (unpaired) electrons.